The molecule has 0 spiro atoms. The number of carbonyl (C=O) groups excluding carboxylic acids is 1. The van der Waals surface area contributed by atoms with E-state index in [1.165, 1.54) is 0 Å². The Morgan fingerprint density at radius 1 is 1.09 bits per heavy atom. The monoisotopic (exact) mass is 387 g/mol. The van der Waals surface area contributed by atoms with Gasteiger partial charge in [0, 0.05) is 16.5 Å². The van der Waals surface area contributed by atoms with E-state index in [2.05, 4.69) is 20.9 Å². The van der Waals surface area contributed by atoms with Crippen LogP contribution in [0, 0.1) is 0 Å². The molecule has 2 aromatic carbocycles. The second-order valence-electron chi connectivity index (χ2n) is 4.88. The summed E-state index contributed by atoms with van der Waals surface area (Å²) in [6.45, 7) is 0.412. The minimum Gasteiger partial charge on any atom is -0.487 e. The Morgan fingerprint density at radius 3 is 2.52 bits per heavy atom. The summed E-state index contributed by atoms with van der Waals surface area (Å²) in [5.74, 6) is 0.786. The van der Waals surface area contributed by atoms with E-state index in [-0.39, 0.29) is 5.78 Å². The van der Waals surface area contributed by atoms with E-state index in [0.29, 0.717) is 17.5 Å². The fraction of sp³-hybridized carbons (Fsp3) is 0.111. The summed E-state index contributed by atoms with van der Waals surface area (Å²) in [6.07, 6.45) is 0. The number of benzene rings is 2. The van der Waals surface area contributed by atoms with Crippen molar-refractivity contribution in [3.63, 3.8) is 0 Å². The molecule has 0 bridgehead atoms. The lowest BCUT2D eigenvalue weighted by molar-refractivity contribution is 0.102. The maximum atomic E-state index is 11.5. The van der Waals surface area contributed by atoms with Gasteiger partial charge in [0.25, 0.3) is 0 Å². The number of halogens is 1. The molecule has 0 aliphatic carbocycles. The first-order valence-corrected chi connectivity index (χ1v) is 9.08. The van der Waals surface area contributed by atoms with Crippen LogP contribution in [0.2, 0.25) is 0 Å². The molecule has 1 heterocycles. The molecule has 0 aliphatic rings. The maximum Gasteiger partial charge on any atom is 0.173 e. The Morgan fingerprint density at radius 2 is 1.83 bits per heavy atom. The molecule has 0 amide bonds. The number of hydrogen-bond donors (Lipinski definition) is 0. The molecular formula is C18H14BrNO2S. The number of thiazole rings is 1. The van der Waals surface area contributed by atoms with Crippen molar-refractivity contribution in [1.82, 2.24) is 4.98 Å². The SMILES string of the molecule is O=C(CBr)c1ccc(OCc2csc(-c3ccccc3)n2)cc1. The first kappa shape index (κ1) is 15.9. The van der Waals surface area contributed by atoms with Gasteiger partial charge in [0.15, 0.2) is 5.78 Å². The van der Waals surface area contributed by atoms with Crippen LogP contribution in [0.3, 0.4) is 0 Å². The van der Waals surface area contributed by atoms with Crippen molar-refractivity contribution in [1.29, 1.82) is 0 Å². The van der Waals surface area contributed by atoms with Gasteiger partial charge in [-0.25, -0.2) is 4.98 Å². The average Bonchev–Trinajstić information content (AvgIpc) is 3.09. The lowest BCUT2D eigenvalue weighted by Crippen LogP contribution is -2.00. The minimum absolute atomic E-state index is 0.0588. The van der Waals surface area contributed by atoms with Crippen LogP contribution in [0.4, 0.5) is 0 Å². The van der Waals surface area contributed by atoms with Gasteiger partial charge in [-0.1, -0.05) is 46.3 Å². The van der Waals surface area contributed by atoms with E-state index < -0.39 is 0 Å². The Labute approximate surface area is 147 Å². The van der Waals surface area contributed by atoms with Crippen molar-refractivity contribution in [3.05, 3.63) is 71.2 Å². The van der Waals surface area contributed by atoms with E-state index in [1.54, 1.807) is 35.6 Å². The van der Waals surface area contributed by atoms with Gasteiger partial charge < -0.3 is 4.74 Å². The van der Waals surface area contributed by atoms with Gasteiger partial charge in [-0.15, -0.1) is 11.3 Å². The lowest BCUT2D eigenvalue weighted by atomic mass is 10.1. The third-order valence-electron chi connectivity index (χ3n) is 3.26. The molecule has 116 valence electrons. The highest BCUT2D eigenvalue weighted by molar-refractivity contribution is 9.09. The zero-order valence-electron chi connectivity index (χ0n) is 12.2. The number of nitrogens with zero attached hydrogens (tertiary/aromatic N) is 1. The number of alkyl halides is 1. The zero-order chi connectivity index (χ0) is 16.1. The number of Topliss-reactive ketones (excluding diaryl/α,β-unsaturated/α-hetero) is 1. The standard InChI is InChI=1S/C18H14BrNO2S/c19-10-17(21)13-6-8-16(9-7-13)22-11-15-12-23-18(20-15)14-4-2-1-3-5-14/h1-9,12H,10-11H2. The fourth-order valence-corrected chi connectivity index (χ4v) is 3.19. The summed E-state index contributed by atoms with van der Waals surface area (Å²) < 4.78 is 5.73. The molecular weight excluding hydrogens is 374 g/mol. The summed E-state index contributed by atoms with van der Waals surface area (Å²) in [5.41, 5.74) is 2.69. The Balaban J connectivity index is 1.63. The van der Waals surface area contributed by atoms with Crippen molar-refractivity contribution >= 4 is 33.0 Å². The highest BCUT2D eigenvalue weighted by Crippen LogP contribution is 2.24. The van der Waals surface area contributed by atoms with Crippen LogP contribution in [-0.4, -0.2) is 16.1 Å². The summed E-state index contributed by atoms with van der Waals surface area (Å²) >= 11 is 4.77. The summed E-state index contributed by atoms with van der Waals surface area (Å²) in [6, 6.07) is 17.2. The molecule has 0 atom stereocenters. The van der Waals surface area contributed by atoms with Crippen molar-refractivity contribution in [2.45, 2.75) is 6.61 Å². The normalized spacial score (nSPS) is 10.5. The topological polar surface area (TPSA) is 39.2 Å². The Hall–Kier alpha value is -1.98. The van der Waals surface area contributed by atoms with Crippen LogP contribution in [0.15, 0.2) is 60.0 Å². The van der Waals surface area contributed by atoms with Crippen LogP contribution < -0.4 is 4.74 Å². The van der Waals surface area contributed by atoms with Crippen molar-refractivity contribution in [3.8, 4) is 16.3 Å². The van der Waals surface area contributed by atoms with Crippen LogP contribution in [0.5, 0.6) is 5.75 Å². The van der Waals surface area contributed by atoms with E-state index in [1.807, 2.05) is 35.7 Å². The third kappa shape index (κ3) is 4.06. The second kappa shape index (κ2) is 7.53. The molecule has 0 fully saturated rings. The molecule has 0 aliphatic heterocycles. The van der Waals surface area contributed by atoms with Gasteiger partial charge in [0.05, 0.1) is 11.0 Å². The van der Waals surface area contributed by atoms with E-state index in [9.17, 15) is 4.79 Å². The van der Waals surface area contributed by atoms with Gasteiger partial charge in [0.1, 0.15) is 17.4 Å². The number of aromatic nitrogens is 1. The number of rotatable bonds is 6. The minimum atomic E-state index is 0.0588. The Bertz CT molecular complexity index is 784. The second-order valence-corrected chi connectivity index (χ2v) is 6.30. The zero-order valence-corrected chi connectivity index (χ0v) is 14.6. The first-order chi connectivity index (χ1) is 11.3. The fourth-order valence-electron chi connectivity index (χ4n) is 2.06. The van der Waals surface area contributed by atoms with Gasteiger partial charge >= 0.3 is 0 Å². The van der Waals surface area contributed by atoms with Gasteiger partial charge in [-0.2, -0.15) is 0 Å². The molecule has 0 radical (unpaired) electrons. The summed E-state index contributed by atoms with van der Waals surface area (Å²) in [5, 5.41) is 3.32. The molecule has 3 rings (SSSR count). The van der Waals surface area contributed by atoms with Crippen LogP contribution >= 0.6 is 27.3 Å². The van der Waals surface area contributed by atoms with E-state index in [4.69, 9.17) is 4.74 Å². The predicted octanol–water partition coefficient (Wildman–Crippen LogP) is 4.97. The van der Waals surface area contributed by atoms with Gasteiger partial charge in [0.2, 0.25) is 0 Å². The first-order valence-electron chi connectivity index (χ1n) is 7.08. The number of ketones is 1. The quantitative estimate of drug-likeness (QED) is 0.442. The molecule has 0 N–H and O–H groups in total. The molecule has 3 nitrogen and oxygen atoms in total. The van der Waals surface area contributed by atoms with Crippen LogP contribution in [0.1, 0.15) is 16.1 Å². The van der Waals surface area contributed by atoms with Gasteiger partial charge in [-0.3, -0.25) is 4.79 Å². The highest BCUT2D eigenvalue weighted by atomic mass is 79.9. The molecule has 5 heteroatoms. The molecule has 0 saturated carbocycles. The maximum absolute atomic E-state index is 11.5. The number of carbonyl (C=O) groups is 1. The van der Waals surface area contributed by atoms with Crippen molar-refractivity contribution < 1.29 is 9.53 Å². The molecule has 3 aromatic rings. The lowest BCUT2D eigenvalue weighted by Gasteiger charge is -2.05. The van der Waals surface area contributed by atoms with Gasteiger partial charge in [-0.05, 0) is 24.3 Å². The molecule has 23 heavy (non-hydrogen) atoms. The van der Waals surface area contributed by atoms with Crippen LogP contribution in [-0.2, 0) is 6.61 Å². The van der Waals surface area contributed by atoms with Crippen molar-refractivity contribution in [2.24, 2.45) is 0 Å². The Kier molecular flexibility index (Phi) is 5.20. The highest BCUT2D eigenvalue weighted by Gasteiger charge is 2.06. The largest absolute Gasteiger partial charge is 0.487 e. The number of hydrogen-bond acceptors (Lipinski definition) is 4. The van der Waals surface area contributed by atoms with Crippen LogP contribution in [0.25, 0.3) is 10.6 Å². The van der Waals surface area contributed by atoms with Crippen molar-refractivity contribution in [2.75, 3.05) is 5.33 Å². The molecule has 0 saturated heterocycles. The average molecular weight is 388 g/mol. The smallest absolute Gasteiger partial charge is 0.173 e. The third-order valence-corrected chi connectivity index (χ3v) is 4.71. The summed E-state index contributed by atoms with van der Waals surface area (Å²) in [4.78, 5) is 16.1. The number of ether oxygens (including phenoxy) is 1. The predicted molar refractivity (Wildman–Crippen MR) is 96.4 cm³/mol. The van der Waals surface area contributed by atoms with E-state index in [0.717, 1.165) is 22.0 Å². The molecule has 1 aromatic heterocycles. The summed E-state index contributed by atoms with van der Waals surface area (Å²) in [7, 11) is 0. The molecule has 0 unspecified atom stereocenters. The van der Waals surface area contributed by atoms with E-state index >= 15 is 0 Å².